The molecule has 1 aromatic heterocycles. The Labute approximate surface area is 76.4 Å². The van der Waals surface area contributed by atoms with E-state index in [-0.39, 0.29) is 0 Å². The van der Waals surface area contributed by atoms with Gasteiger partial charge in [-0.25, -0.2) is 4.98 Å². The van der Waals surface area contributed by atoms with Crippen LogP contribution in [-0.4, -0.2) is 12.0 Å². The minimum Gasteiger partial charge on any atom is -0.444 e. The molecule has 66 valence electrons. The Hall–Kier alpha value is -1.77. The molecule has 2 aromatic rings. The smallest absolute Gasteiger partial charge is 0.181 e. The zero-order chi connectivity index (χ0) is 9.10. The second kappa shape index (κ2) is 3.31. The van der Waals surface area contributed by atoms with E-state index in [2.05, 4.69) is 10.3 Å². The normalized spacial score (nSPS) is 9.92. The minimum atomic E-state index is 0.794. The van der Waals surface area contributed by atoms with Gasteiger partial charge in [-0.2, -0.15) is 0 Å². The molecule has 0 aliphatic rings. The van der Waals surface area contributed by atoms with Gasteiger partial charge in [0.15, 0.2) is 12.2 Å². The Morgan fingerprint density at radius 3 is 2.54 bits per heavy atom. The first kappa shape index (κ1) is 7.86. The summed E-state index contributed by atoms with van der Waals surface area (Å²) in [7, 11) is 1.89. The number of rotatable bonds is 2. The molecule has 2 rings (SSSR count). The highest BCUT2D eigenvalue weighted by Crippen LogP contribution is 2.20. The maximum atomic E-state index is 5.16. The van der Waals surface area contributed by atoms with Crippen molar-refractivity contribution in [1.82, 2.24) is 4.98 Å². The third-order valence-electron chi connectivity index (χ3n) is 1.89. The molecule has 0 bridgehead atoms. The van der Waals surface area contributed by atoms with Crippen LogP contribution in [0.5, 0.6) is 0 Å². The van der Waals surface area contributed by atoms with Gasteiger partial charge in [-0.05, 0) is 24.3 Å². The van der Waals surface area contributed by atoms with Crippen molar-refractivity contribution >= 4 is 5.69 Å². The predicted octanol–water partition coefficient (Wildman–Crippen LogP) is 2.38. The molecule has 1 aromatic carbocycles. The first-order valence-corrected chi connectivity index (χ1v) is 4.07. The fourth-order valence-corrected chi connectivity index (χ4v) is 1.16. The van der Waals surface area contributed by atoms with Gasteiger partial charge in [0.25, 0.3) is 0 Å². The Morgan fingerprint density at radius 2 is 2.00 bits per heavy atom. The molecule has 3 heteroatoms. The van der Waals surface area contributed by atoms with E-state index >= 15 is 0 Å². The van der Waals surface area contributed by atoms with E-state index in [1.54, 1.807) is 6.20 Å². The summed E-state index contributed by atoms with van der Waals surface area (Å²) in [6.07, 6.45) is 3.13. The van der Waals surface area contributed by atoms with E-state index in [0.29, 0.717) is 0 Å². The molecule has 0 saturated carbocycles. The number of anilines is 1. The number of benzene rings is 1. The van der Waals surface area contributed by atoms with Gasteiger partial charge in [-0.1, -0.05) is 0 Å². The molecule has 0 saturated heterocycles. The van der Waals surface area contributed by atoms with Crippen molar-refractivity contribution in [3.63, 3.8) is 0 Å². The third-order valence-corrected chi connectivity index (χ3v) is 1.89. The molecule has 0 spiro atoms. The van der Waals surface area contributed by atoms with Crippen LogP contribution < -0.4 is 5.32 Å². The molecular formula is C10H10N2O. The minimum absolute atomic E-state index is 0.794. The van der Waals surface area contributed by atoms with Gasteiger partial charge in [0, 0.05) is 18.3 Å². The summed E-state index contributed by atoms with van der Waals surface area (Å²) in [5.74, 6) is 0.794. The number of nitrogens with zero attached hydrogens (tertiary/aromatic N) is 1. The van der Waals surface area contributed by atoms with Gasteiger partial charge in [-0.3, -0.25) is 0 Å². The Kier molecular flexibility index (Phi) is 2.00. The van der Waals surface area contributed by atoms with Gasteiger partial charge in [0.1, 0.15) is 0 Å². The van der Waals surface area contributed by atoms with Crippen molar-refractivity contribution in [2.24, 2.45) is 0 Å². The Bertz CT molecular complexity index is 364. The topological polar surface area (TPSA) is 38.1 Å². The van der Waals surface area contributed by atoms with Crippen LogP contribution in [0, 0.1) is 0 Å². The van der Waals surface area contributed by atoms with Crippen molar-refractivity contribution in [2.45, 2.75) is 0 Å². The van der Waals surface area contributed by atoms with Crippen molar-refractivity contribution < 1.29 is 4.42 Å². The van der Waals surface area contributed by atoms with E-state index in [0.717, 1.165) is 17.0 Å². The largest absolute Gasteiger partial charge is 0.444 e. The molecule has 0 amide bonds. The SMILES string of the molecule is CNc1ccc(-c2cnco2)cc1. The van der Waals surface area contributed by atoms with E-state index in [4.69, 9.17) is 4.42 Å². The van der Waals surface area contributed by atoms with E-state index in [9.17, 15) is 0 Å². The average Bonchev–Trinajstić information content (AvgIpc) is 2.71. The maximum Gasteiger partial charge on any atom is 0.181 e. The van der Waals surface area contributed by atoms with Crippen molar-refractivity contribution in [3.8, 4) is 11.3 Å². The van der Waals surface area contributed by atoms with Crippen LogP contribution >= 0.6 is 0 Å². The number of nitrogens with one attached hydrogen (secondary N) is 1. The van der Waals surface area contributed by atoms with Crippen molar-refractivity contribution in [3.05, 3.63) is 36.9 Å². The predicted molar refractivity (Wildman–Crippen MR) is 51.5 cm³/mol. The lowest BCUT2D eigenvalue weighted by Crippen LogP contribution is -1.86. The lowest BCUT2D eigenvalue weighted by Gasteiger charge is -1.99. The highest BCUT2D eigenvalue weighted by molar-refractivity contribution is 5.60. The van der Waals surface area contributed by atoms with Gasteiger partial charge in [0.2, 0.25) is 0 Å². The van der Waals surface area contributed by atoms with Gasteiger partial charge in [0.05, 0.1) is 6.20 Å². The molecule has 0 aliphatic carbocycles. The molecule has 1 heterocycles. The standard InChI is InChI=1S/C10H10N2O/c1-11-9-4-2-8(3-5-9)10-6-12-7-13-10/h2-7,11H,1H3. The maximum absolute atomic E-state index is 5.16. The molecule has 0 radical (unpaired) electrons. The Balaban J connectivity index is 2.33. The van der Waals surface area contributed by atoms with E-state index in [1.807, 2.05) is 31.3 Å². The summed E-state index contributed by atoms with van der Waals surface area (Å²) in [5.41, 5.74) is 2.12. The van der Waals surface area contributed by atoms with Crippen LogP contribution in [0.1, 0.15) is 0 Å². The summed E-state index contributed by atoms with van der Waals surface area (Å²) >= 11 is 0. The summed E-state index contributed by atoms with van der Waals surface area (Å²) in [5, 5.41) is 3.05. The number of hydrogen-bond acceptors (Lipinski definition) is 3. The fraction of sp³-hybridized carbons (Fsp3) is 0.100. The number of aromatic nitrogens is 1. The molecular weight excluding hydrogens is 164 g/mol. The monoisotopic (exact) mass is 174 g/mol. The van der Waals surface area contributed by atoms with Gasteiger partial charge >= 0.3 is 0 Å². The second-order valence-corrected chi connectivity index (χ2v) is 2.69. The molecule has 13 heavy (non-hydrogen) atoms. The number of hydrogen-bond donors (Lipinski definition) is 1. The third kappa shape index (κ3) is 1.54. The second-order valence-electron chi connectivity index (χ2n) is 2.69. The van der Waals surface area contributed by atoms with Crippen LogP contribution in [0.3, 0.4) is 0 Å². The quantitative estimate of drug-likeness (QED) is 0.759. The lowest BCUT2D eigenvalue weighted by atomic mass is 10.2. The molecule has 3 nitrogen and oxygen atoms in total. The first-order chi connectivity index (χ1) is 6.40. The van der Waals surface area contributed by atoms with Crippen LogP contribution in [0.2, 0.25) is 0 Å². The van der Waals surface area contributed by atoms with E-state index in [1.165, 1.54) is 6.39 Å². The average molecular weight is 174 g/mol. The van der Waals surface area contributed by atoms with E-state index < -0.39 is 0 Å². The van der Waals surface area contributed by atoms with Crippen molar-refractivity contribution in [1.29, 1.82) is 0 Å². The van der Waals surface area contributed by atoms with Crippen LogP contribution in [0.25, 0.3) is 11.3 Å². The van der Waals surface area contributed by atoms with Crippen LogP contribution in [0.15, 0.2) is 41.3 Å². The highest BCUT2D eigenvalue weighted by Gasteiger charge is 1.99. The molecule has 1 N–H and O–H groups in total. The summed E-state index contributed by atoms with van der Waals surface area (Å²) in [4.78, 5) is 3.86. The molecule has 0 fully saturated rings. The molecule has 0 unspecified atom stereocenters. The summed E-state index contributed by atoms with van der Waals surface area (Å²) in [6, 6.07) is 7.98. The molecule has 0 aliphatic heterocycles. The fourth-order valence-electron chi connectivity index (χ4n) is 1.16. The summed E-state index contributed by atoms with van der Waals surface area (Å²) < 4.78 is 5.16. The van der Waals surface area contributed by atoms with Crippen molar-refractivity contribution in [2.75, 3.05) is 12.4 Å². The van der Waals surface area contributed by atoms with Gasteiger partial charge in [-0.15, -0.1) is 0 Å². The zero-order valence-corrected chi connectivity index (χ0v) is 7.32. The summed E-state index contributed by atoms with van der Waals surface area (Å²) in [6.45, 7) is 0. The first-order valence-electron chi connectivity index (χ1n) is 4.07. The van der Waals surface area contributed by atoms with Gasteiger partial charge < -0.3 is 9.73 Å². The Morgan fingerprint density at radius 1 is 1.23 bits per heavy atom. The number of oxazole rings is 1. The lowest BCUT2D eigenvalue weighted by molar-refractivity contribution is 0.572. The van der Waals surface area contributed by atoms with Crippen LogP contribution in [-0.2, 0) is 0 Å². The zero-order valence-electron chi connectivity index (χ0n) is 7.32. The molecule has 0 atom stereocenters. The van der Waals surface area contributed by atoms with Crippen LogP contribution in [0.4, 0.5) is 5.69 Å². The highest BCUT2D eigenvalue weighted by atomic mass is 16.3.